The lowest BCUT2D eigenvalue weighted by molar-refractivity contribution is -0.133. The van der Waals surface area contributed by atoms with Gasteiger partial charge in [0.25, 0.3) is 0 Å². The van der Waals surface area contributed by atoms with Crippen LogP contribution in [0.15, 0.2) is 23.0 Å². The van der Waals surface area contributed by atoms with Gasteiger partial charge in [0.2, 0.25) is 0 Å². The number of esters is 1. The molecule has 0 N–H and O–H groups in total. The third kappa shape index (κ3) is 2.21. The maximum Gasteiger partial charge on any atom is 0.339 e. The minimum Gasteiger partial charge on any atom is -0.423 e. The van der Waals surface area contributed by atoms with Crippen LogP contribution < -0.4 is 0 Å². The molecule has 0 amide bonds. The highest BCUT2D eigenvalue weighted by Gasteiger charge is 2.33. The molecule has 0 spiro atoms. The monoisotopic (exact) mass is 220 g/mol. The Morgan fingerprint density at radius 2 is 2.25 bits per heavy atom. The van der Waals surface area contributed by atoms with Crippen LogP contribution >= 0.6 is 0 Å². The van der Waals surface area contributed by atoms with Gasteiger partial charge in [-0.15, -0.1) is 0 Å². The van der Waals surface area contributed by atoms with Gasteiger partial charge in [-0.05, 0) is 44.1 Å². The number of rotatable bonds is 3. The van der Waals surface area contributed by atoms with Crippen molar-refractivity contribution in [2.45, 2.75) is 52.4 Å². The van der Waals surface area contributed by atoms with E-state index >= 15 is 0 Å². The van der Waals surface area contributed by atoms with E-state index in [0.29, 0.717) is 5.92 Å². The molecule has 1 atom stereocenters. The first-order chi connectivity index (χ1) is 7.72. The molecule has 2 nitrogen and oxygen atoms in total. The van der Waals surface area contributed by atoms with Gasteiger partial charge in [-0.3, -0.25) is 0 Å². The molecule has 1 aliphatic heterocycles. The van der Waals surface area contributed by atoms with E-state index in [4.69, 9.17) is 4.74 Å². The number of ether oxygens (including phenoxy) is 1. The maximum atomic E-state index is 11.6. The largest absolute Gasteiger partial charge is 0.423 e. The predicted octanol–water partition coefficient (Wildman–Crippen LogP) is 3.73. The van der Waals surface area contributed by atoms with Crippen LogP contribution in [-0.4, -0.2) is 5.97 Å². The quantitative estimate of drug-likeness (QED) is 0.535. The number of cyclic esters (lactones) is 1. The minimum absolute atomic E-state index is 0.0929. The summed E-state index contributed by atoms with van der Waals surface area (Å²) in [4.78, 5) is 11.6. The van der Waals surface area contributed by atoms with Crippen LogP contribution in [0.5, 0.6) is 0 Å². The molecule has 0 fully saturated rings. The lowest BCUT2D eigenvalue weighted by atomic mass is 9.85. The van der Waals surface area contributed by atoms with Gasteiger partial charge >= 0.3 is 5.97 Å². The Kier molecular flexibility index (Phi) is 3.47. The molecule has 88 valence electrons. The number of allylic oxidation sites excluding steroid dienone is 2. The summed E-state index contributed by atoms with van der Waals surface area (Å²) >= 11 is 0. The fourth-order valence-electron chi connectivity index (χ4n) is 2.42. The van der Waals surface area contributed by atoms with Crippen LogP contribution in [0.4, 0.5) is 0 Å². The first-order valence-corrected chi connectivity index (χ1v) is 6.37. The van der Waals surface area contributed by atoms with Gasteiger partial charge in [0.15, 0.2) is 0 Å². The molecule has 0 aromatic carbocycles. The number of carbonyl (C=O) groups is 1. The zero-order valence-corrected chi connectivity index (χ0v) is 10.2. The molecular formula is C14H20O2. The topological polar surface area (TPSA) is 26.3 Å². The lowest BCUT2D eigenvalue weighted by Crippen LogP contribution is -2.07. The van der Waals surface area contributed by atoms with Crippen molar-refractivity contribution in [3.05, 3.63) is 23.0 Å². The number of hydrogen-bond donors (Lipinski definition) is 0. The summed E-state index contributed by atoms with van der Waals surface area (Å²) in [7, 11) is 0. The van der Waals surface area contributed by atoms with Crippen molar-refractivity contribution in [3.63, 3.8) is 0 Å². The second-order valence-corrected chi connectivity index (χ2v) is 4.91. The van der Waals surface area contributed by atoms with Crippen LogP contribution in [0.25, 0.3) is 0 Å². The normalized spacial score (nSPS) is 27.2. The first-order valence-electron chi connectivity index (χ1n) is 6.37. The fourth-order valence-corrected chi connectivity index (χ4v) is 2.42. The number of hydrogen-bond acceptors (Lipinski definition) is 2. The van der Waals surface area contributed by atoms with Gasteiger partial charge in [0.05, 0.1) is 0 Å². The van der Waals surface area contributed by atoms with Crippen molar-refractivity contribution in [3.8, 4) is 0 Å². The van der Waals surface area contributed by atoms with Gasteiger partial charge in [-0.25, -0.2) is 4.79 Å². The minimum atomic E-state index is -0.0929. The molecule has 0 aromatic rings. The van der Waals surface area contributed by atoms with Crippen molar-refractivity contribution in [2.24, 2.45) is 5.92 Å². The van der Waals surface area contributed by atoms with Gasteiger partial charge in [-0.1, -0.05) is 20.3 Å². The molecule has 2 aliphatic rings. The summed E-state index contributed by atoms with van der Waals surface area (Å²) in [5, 5.41) is 0. The van der Waals surface area contributed by atoms with Crippen LogP contribution in [0.2, 0.25) is 0 Å². The van der Waals surface area contributed by atoms with E-state index in [2.05, 4.69) is 19.9 Å². The summed E-state index contributed by atoms with van der Waals surface area (Å²) in [5.74, 6) is 1.45. The third-order valence-electron chi connectivity index (χ3n) is 3.44. The smallest absolute Gasteiger partial charge is 0.339 e. The second-order valence-electron chi connectivity index (χ2n) is 4.91. The summed E-state index contributed by atoms with van der Waals surface area (Å²) in [6.07, 6.45) is 8.50. The van der Waals surface area contributed by atoms with E-state index in [9.17, 15) is 4.79 Å². The zero-order chi connectivity index (χ0) is 11.5. The molecule has 1 heterocycles. The summed E-state index contributed by atoms with van der Waals surface area (Å²) < 4.78 is 5.35. The molecule has 0 saturated carbocycles. The van der Waals surface area contributed by atoms with Gasteiger partial charge in [0, 0.05) is 11.1 Å². The van der Waals surface area contributed by atoms with Crippen molar-refractivity contribution < 1.29 is 9.53 Å². The summed E-state index contributed by atoms with van der Waals surface area (Å²) in [6.45, 7) is 4.42. The molecule has 16 heavy (non-hydrogen) atoms. The Morgan fingerprint density at radius 1 is 1.44 bits per heavy atom. The molecule has 2 rings (SSSR count). The Balaban J connectivity index is 2.14. The maximum absolute atomic E-state index is 11.6. The molecule has 0 radical (unpaired) electrons. The highest BCUT2D eigenvalue weighted by molar-refractivity contribution is 5.94. The Morgan fingerprint density at radius 3 is 3.00 bits per heavy atom. The zero-order valence-electron chi connectivity index (χ0n) is 10.2. The average Bonchev–Trinajstić information content (AvgIpc) is 2.56. The van der Waals surface area contributed by atoms with E-state index in [-0.39, 0.29) is 5.97 Å². The first kappa shape index (κ1) is 11.4. The molecule has 1 unspecified atom stereocenters. The molecule has 1 aliphatic carbocycles. The SMILES string of the molecule is CCCC/C=C1\OC(=O)C2=C1CC(C)CC2. The predicted molar refractivity (Wildman–Crippen MR) is 63.7 cm³/mol. The molecular weight excluding hydrogens is 200 g/mol. The van der Waals surface area contributed by atoms with Gasteiger partial charge in [-0.2, -0.15) is 0 Å². The van der Waals surface area contributed by atoms with Crippen molar-refractivity contribution in [1.82, 2.24) is 0 Å². The van der Waals surface area contributed by atoms with E-state index in [1.165, 1.54) is 18.4 Å². The Labute approximate surface area is 97.4 Å². The lowest BCUT2D eigenvalue weighted by Gasteiger charge is -2.17. The second kappa shape index (κ2) is 4.86. The third-order valence-corrected chi connectivity index (χ3v) is 3.44. The van der Waals surface area contributed by atoms with Crippen molar-refractivity contribution in [2.75, 3.05) is 0 Å². The van der Waals surface area contributed by atoms with Crippen LogP contribution in [0.3, 0.4) is 0 Å². The van der Waals surface area contributed by atoms with Crippen LogP contribution in [-0.2, 0) is 9.53 Å². The Hall–Kier alpha value is -1.05. The molecule has 0 aromatic heterocycles. The van der Waals surface area contributed by atoms with Gasteiger partial charge < -0.3 is 4.74 Å². The van der Waals surface area contributed by atoms with Crippen LogP contribution in [0, 0.1) is 5.92 Å². The van der Waals surface area contributed by atoms with Crippen LogP contribution in [0.1, 0.15) is 52.4 Å². The van der Waals surface area contributed by atoms with Gasteiger partial charge in [0.1, 0.15) is 5.76 Å². The van der Waals surface area contributed by atoms with E-state index in [0.717, 1.165) is 37.0 Å². The fraction of sp³-hybridized carbons (Fsp3) is 0.643. The number of carbonyl (C=O) groups excluding carboxylic acids is 1. The highest BCUT2D eigenvalue weighted by atomic mass is 16.5. The standard InChI is InChI=1S/C14H20O2/c1-3-4-5-6-13-12-9-10(2)7-8-11(12)14(15)16-13/h6,10H,3-5,7-9H2,1-2H3/b13-6-. The Bertz CT molecular complexity index is 350. The molecule has 2 heteroatoms. The summed E-state index contributed by atoms with van der Waals surface area (Å²) in [5.41, 5.74) is 2.14. The molecule has 0 bridgehead atoms. The highest BCUT2D eigenvalue weighted by Crippen LogP contribution is 2.39. The van der Waals surface area contributed by atoms with E-state index in [1.807, 2.05) is 0 Å². The van der Waals surface area contributed by atoms with E-state index < -0.39 is 0 Å². The van der Waals surface area contributed by atoms with Crippen molar-refractivity contribution >= 4 is 5.97 Å². The summed E-state index contributed by atoms with van der Waals surface area (Å²) in [6, 6.07) is 0. The van der Waals surface area contributed by atoms with Crippen molar-refractivity contribution in [1.29, 1.82) is 0 Å². The number of unbranched alkanes of at least 4 members (excludes halogenated alkanes) is 2. The average molecular weight is 220 g/mol. The molecule has 0 saturated heterocycles. The van der Waals surface area contributed by atoms with E-state index in [1.54, 1.807) is 0 Å².